The van der Waals surface area contributed by atoms with Gasteiger partial charge < -0.3 is 29.8 Å². The van der Waals surface area contributed by atoms with E-state index in [1.54, 1.807) is 42.1 Å². The van der Waals surface area contributed by atoms with E-state index in [1.165, 1.54) is 5.56 Å². The zero-order valence-corrected chi connectivity index (χ0v) is 28.0. The first-order chi connectivity index (χ1) is 21.3. The molecule has 2 heterocycles. The number of aromatic nitrogens is 1. The summed E-state index contributed by atoms with van der Waals surface area (Å²) in [6, 6.07) is 9.96. The molecule has 3 saturated carbocycles. The number of nitrogens with one attached hydrogen (secondary N) is 3. The Morgan fingerprint density at radius 1 is 1.04 bits per heavy atom. The molecule has 0 radical (unpaired) electrons. The molecule has 2 bridgehead atoms. The third-order valence-electron chi connectivity index (χ3n) is 10.7. The van der Waals surface area contributed by atoms with E-state index in [0.717, 1.165) is 32.1 Å². The van der Waals surface area contributed by atoms with Crippen LogP contribution in [0.5, 0.6) is 0 Å². The van der Waals surface area contributed by atoms with E-state index >= 15 is 0 Å². The summed E-state index contributed by atoms with van der Waals surface area (Å²) in [6.45, 7) is 13.1. The zero-order chi connectivity index (χ0) is 32.5. The molecule has 0 spiro atoms. The Labute approximate surface area is 268 Å². The molecule has 1 saturated heterocycles. The molecule has 3 amide bonds. The molecule has 9 nitrogen and oxygen atoms in total. The van der Waals surface area contributed by atoms with Crippen LogP contribution in [0, 0.1) is 23.2 Å². The van der Waals surface area contributed by atoms with Crippen LogP contribution in [0.3, 0.4) is 0 Å². The summed E-state index contributed by atoms with van der Waals surface area (Å²) in [7, 11) is 1.19. The second-order valence-corrected chi connectivity index (χ2v) is 14.6. The maximum Gasteiger partial charge on any atom is 0.481 e. The standard InChI is InChI=1S/C35H51BN4O5/c1-8-9-11-23-13-15-24(16-14-23)31(41)38-26(21-37-33(43)27-12-10-17-40(27)7)32(42)39-30(18-22(2)3)36-44-29-20-25-19-28(34(25,4)5)35(29,6)45-36/h10,12-17,22,25-26,28-30H,8-9,11,18-21H2,1-7H3,(H,37,43)(H,38,41)(H,39,42)/t25-,26-,28-,29+,30-,35-/m0/s1. The van der Waals surface area contributed by atoms with Crippen LogP contribution in [-0.2, 0) is 27.6 Å². The molecular formula is C35H51BN4O5. The van der Waals surface area contributed by atoms with E-state index < -0.39 is 30.6 Å². The Balaban J connectivity index is 1.31. The second kappa shape index (κ2) is 13.3. The van der Waals surface area contributed by atoms with Crippen molar-refractivity contribution in [3.05, 3.63) is 59.4 Å². The Kier molecular flexibility index (Phi) is 9.85. The largest absolute Gasteiger partial charge is 0.481 e. The number of aryl methyl sites for hydroxylation is 2. The highest BCUT2D eigenvalue weighted by atomic mass is 16.7. The van der Waals surface area contributed by atoms with Crippen LogP contribution in [0.1, 0.15) is 100 Å². The Morgan fingerprint density at radius 3 is 2.40 bits per heavy atom. The Bertz CT molecular complexity index is 1370. The van der Waals surface area contributed by atoms with Gasteiger partial charge in [-0.15, -0.1) is 0 Å². The maximum absolute atomic E-state index is 14.0. The molecular weight excluding hydrogens is 567 g/mol. The fourth-order valence-corrected chi connectivity index (χ4v) is 7.74. The quantitative estimate of drug-likeness (QED) is 0.282. The van der Waals surface area contributed by atoms with Gasteiger partial charge >= 0.3 is 7.12 Å². The van der Waals surface area contributed by atoms with Crippen LogP contribution in [0.15, 0.2) is 42.6 Å². The van der Waals surface area contributed by atoms with E-state index in [1.807, 2.05) is 12.1 Å². The van der Waals surface area contributed by atoms with Crippen LogP contribution in [0.2, 0.25) is 0 Å². The normalized spacial score (nSPS) is 26.0. The number of hydrogen-bond donors (Lipinski definition) is 3. The van der Waals surface area contributed by atoms with Crippen LogP contribution < -0.4 is 16.0 Å². The molecule has 4 fully saturated rings. The lowest BCUT2D eigenvalue weighted by Gasteiger charge is -2.64. The van der Waals surface area contributed by atoms with Gasteiger partial charge in [0, 0.05) is 25.4 Å². The predicted octanol–water partition coefficient (Wildman–Crippen LogP) is 4.69. The molecule has 3 N–H and O–H groups in total. The van der Waals surface area contributed by atoms with Gasteiger partial charge in [0.1, 0.15) is 11.7 Å². The van der Waals surface area contributed by atoms with Gasteiger partial charge in [-0.3, -0.25) is 14.4 Å². The molecule has 1 aromatic heterocycles. The van der Waals surface area contributed by atoms with Crippen molar-refractivity contribution >= 4 is 24.8 Å². The van der Waals surface area contributed by atoms with Gasteiger partial charge in [-0.2, -0.15) is 0 Å². The summed E-state index contributed by atoms with van der Waals surface area (Å²) in [6.07, 6.45) is 7.66. The first-order valence-corrected chi connectivity index (χ1v) is 16.8. The van der Waals surface area contributed by atoms with Crippen LogP contribution >= 0.6 is 0 Å². The summed E-state index contributed by atoms with van der Waals surface area (Å²) in [4.78, 5) is 40.3. The summed E-state index contributed by atoms with van der Waals surface area (Å²) >= 11 is 0. The second-order valence-electron chi connectivity index (χ2n) is 14.6. The van der Waals surface area contributed by atoms with Crippen molar-refractivity contribution < 1.29 is 23.7 Å². The molecule has 45 heavy (non-hydrogen) atoms. The molecule has 0 unspecified atom stereocenters. The van der Waals surface area contributed by atoms with Crippen LogP contribution in [0.4, 0.5) is 0 Å². The van der Waals surface area contributed by atoms with Gasteiger partial charge in [0.2, 0.25) is 5.91 Å². The van der Waals surface area contributed by atoms with Gasteiger partial charge in [0.15, 0.2) is 0 Å². The topological polar surface area (TPSA) is 111 Å². The molecule has 4 aliphatic rings. The number of rotatable bonds is 13. The molecule has 1 aliphatic heterocycles. The summed E-state index contributed by atoms with van der Waals surface area (Å²) in [5, 5.41) is 8.90. The number of hydrogen-bond acceptors (Lipinski definition) is 5. The third-order valence-corrected chi connectivity index (χ3v) is 10.7. The first kappa shape index (κ1) is 33.3. The third kappa shape index (κ3) is 6.87. The number of carbonyl (C=O) groups excluding carboxylic acids is 3. The minimum Gasteiger partial charge on any atom is -0.404 e. The van der Waals surface area contributed by atoms with Crippen molar-refractivity contribution in [1.29, 1.82) is 0 Å². The average molecular weight is 619 g/mol. The van der Waals surface area contributed by atoms with Gasteiger partial charge in [-0.1, -0.05) is 53.2 Å². The summed E-state index contributed by atoms with van der Waals surface area (Å²) in [5.41, 5.74) is 1.90. The lowest BCUT2D eigenvalue weighted by atomic mass is 9.43. The van der Waals surface area contributed by atoms with Gasteiger partial charge in [-0.25, -0.2) is 0 Å². The van der Waals surface area contributed by atoms with Crippen LogP contribution in [-0.4, -0.2) is 59.6 Å². The van der Waals surface area contributed by atoms with Crippen molar-refractivity contribution in [3.8, 4) is 0 Å². The zero-order valence-electron chi connectivity index (χ0n) is 28.0. The molecule has 6 rings (SSSR count). The first-order valence-electron chi connectivity index (χ1n) is 16.8. The van der Waals surface area contributed by atoms with Gasteiger partial charge in [0.25, 0.3) is 11.8 Å². The smallest absolute Gasteiger partial charge is 0.404 e. The van der Waals surface area contributed by atoms with Crippen LogP contribution in [0.25, 0.3) is 0 Å². The number of benzene rings is 1. The van der Waals surface area contributed by atoms with E-state index in [2.05, 4.69) is 57.5 Å². The van der Waals surface area contributed by atoms with Gasteiger partial charge in [-0.05, 0) is 92.0 Å². The number of carbonyl (C=O) groups is 3. The average Bonchev–Trinajstić information content (AvgIpc) is 3.59. The highest BCUT2D eigenvalue weighted by Crippen LogP contribution is 2.65. The number of amides is 3. The highest BCUT2D eigenvalue weighted by Gasteiger charge is 2.68. The lowest BCUT2D eigenvalue weighted by molar-refractivity contribution is -0.199. The molecule has 2 aromatic rings. The molecule has 10 heteroatoms. The molecule has 3 aliphatic carbocycles. The Morgan fingerprint density at radius 2 is 1.78 bits per heavy atom. The van der Waals surface area contributed by atoms with Crippen molar-refractivity contribution in [2.45, 2.75) is 104 Å². The van der Waals surface area contributed by atoms with E-state index in [0.29, 0.717) is 29.5 Å². The number of unbranched alkanes of at least 4 members (excludes halogenated alkanes) is 1. The lowest BCUT2D eigenvalue weighted by Crippen LogP contribution is -2.65. The minimum absolute atomic E-state index is 0.00814. The van der Waals surface area contributed by atoms with Crippen molar-refractivity contribution in [1.82, 2.24) is 20.5 Å². The molecule has 6 atom stereocenters. The minimum atomic E-state index is -1.01. The monoisotopic (exact) mass is 618 g/mol. The van der Waals surface area contributed by atoms with E-state index in [9.17, 15) is 14.4 Å². The fraction of sp³-hybridized carbons (Fsp3) is 0.629. The van der Waals surface area contributed by atoms with Gasteiger partial charge in [0.05, 0.1) is 17.6 Å². The van der Waals surface area contributed by atoms with Crippen molar-refractivity contribution in [2.24, 2.45) is 30.2 Å². The Hall–Kier alpha value is -3.11. The van der Waals surface area contributed by atoms with E-state index in [-0.39, 0.29) is 35.8 Å². The predicted molar refractivity (Wildman–Crippen MR) is 176 cm³/mol. The highest BCUT2D eigenvalue weighted by molar-refractivity contribution is 6.48. The molecule has 1 aromatic carbocycles. The number of nitrogens with zero attached hydrogens (tertiary/aromatic N) is 1. The van der Waals surface area contributed by atoms with Crippen molar-refractivity contribution in [2.75, 3.05) is 6.54 Å². The summed E-state index contributed by atoms with van der Waals surface area (Å²) < 4.78 is 15.0. The fourth-order valence-electron chi connectivity index (χ4n) is 7.74. The summed E-state index contributed by atoms with van der Waals surface area (Å²) in [5.74, 6) is -0.219. The SMILES string of the molecule is CCCCc1ccc(C(=O)N[C@@H](CNC(=O)c2cccn2C)C(=O)N[C@@H](CC(C)C)B2O[C@@H]3C[C@@H]4C[C@@H](C4(C)C)[C@]3(C)O2)cc1. The maximum atomic E-state index is 14.0. The van der Waals surface area contributed by atoms with E-state index in [4.69, 9.17) is 9.31 Å². The van der Waals surface area contributed by atoms with Crippen molar-refractivity contribution in [3.63, 3.8) is 0 Å². The molecule has 244 valence electrons.